The van der Waals surface area contributed by atoms with Gasteiger partial charge in [0.15, 0.2) is 23.7 Å². The summed E-state index contributed by atoms with van der Waals surface area (Å²) in [6.45, 7) is 3.86. The van der Waals surface area contributed by atoms with Gasteiger partial charge in [0, 0.05) is 17.4 Å². The normalized spacial score (nSPS) is 29.8. The van der Waals surface area contributed by atoms with E-state index < -0.39 is 23.3 Å². The standard InChI is InChI=1S/C28H30F4O2/c1-16-2-3-19(10-16)22-14-33-28(34-15-22)18-6-4-17(5-7-18)20-8-9-23(24(29)11-20)21-12-25(30)27(32)26(31)13-21/h4,8-9,11-13,16,18-19,22,28H,2-3,5-7,10,14-15H2,1H3. The first-order valence-corrected chi connectivity index (χ1v) is 12.3. The van der Waals surface area contributed by atoms with E-state index in [0.29, 0.717) is 5.92 Å². The average Bonchev–Trinajstić information content (AvgIpc) is 3.28. The molecule has 0 bridgehead atoms. The molecule has 1 saturated heterocycles. The third-order valence-electron chi connectivity index (χ3n) is 7.82. The first-order valence-electron chi connectivity index (χ1n) is 12.3. The lowest BCUT2D eigenvalue weighted by Crippen LogP contribution is -2.39. The number of allylic oxidation sites excluding steroid dienone is 2. The summed E-state index contributed by atoms with van der Waals surface area (Å²) in [5.74, 6) is -2.53. The molecule has 2 aromatic rings. The van der Waals surface area contributed by atoms with Crippen LogP contribution in [-0.4, -0.2) is 19.5 Å². The van der Waals surface area contributed by atoms with Gasteiger partial charge in [-0.05, 0) is 78.8 Å². The Morgan fingerprint density at radius 1 is 0.765 bits per heavy atom. The fourth-order valence-corrected chi connectivity index (χ4v) is 5.78. The minimum atomic E-state index is -1.56. The van der Waals surface area contributed by atoms with Crippen LogP contribution in [0.25, 0.3) is 16.7 Å². The van der Waals surface area contributed by atoms with Crippen molar-refractivity contribution >= 4 is 5.57 Å². The van der Waals surface area contributed by atoms with Gasteiger partial charge in [-0.1, -0.05) is 31.6 Å². The molecule has 0 amide bonds. The van der Waals surface area contributed by atoms with E-state index in [0.717, 1.165) is 67.6 Å². The predicted molar refractivity (Wildman–Crippen MR) is 123 cm³/mol. The summed E-state index contributed by atoms with van der Waals surface area (Å²) >= 11 is 0. The van der Waals surface area contributed by atoms with Crippen molar-refractivity contribution in [2.24, 2.45) is 23.7 Å². The Kier molecular flexibility index (Phi) is 6.81. The van der Waals surface area contributed by atoms with Gasteiger partial charge in [0.2, 0.25) is 0 Å². The second-order valence-electron chi connectivity index (χ2n) is 10.2. The number of ether oxygens (including phenoxy) is 2. The molecule has 3 aliphatic rings. The van der Waals surface area contributed by atoms with Crippen LogP contribution >= 0.6 is 0 Å². The fourth-order valence-electron chi connectivity index (χ4n) is 5.78. The number of hydrogen-bond acceptors (Lipinski definition) is 2. The Labute approximate surface area is 198 Å². The zero-order chi connectivity index (χ0) is 23.8. The lowest BCUT2D eigenvalue weighted by molar-refractivity contribution is -0.231. The van der Waals surface area contributed by atoms with Crippen LogP contribution in [0.5, 0.6) is 0 Å². The summed E-state index contributed by atoms with van der Waals surface area (Å²) in [4.78, 5) is 0. The molecule has 2 nitrogen and oxygen atoms in total. The highest BCUT2D eigenvalue weighted by Crippen LogP contribution is 2.40. The van der Waals surface area contributed by atoms with E-state index in [1.807, 2.05) is 0 Å². The summed E-state index contributed by atoms with van der Waals surface area (Å²) in [5.41, 5.74) is 1.77. The van der Waals surface area contributed by atoms with Crippen LogP contribution in [0.1, 0.15) is 51.0 Å². The van der Waals surface area contributed by atoms with Gasteiger partial charge in [-0.15, -0.1) is 0 Å². The maximum Gasteiger partial charge on any atom is 0.194 e. The van der Waals surface area contributed by atoms with E-state index in [1.165, 1.54) is 31.4 Å². The maximum absolute atomic E-state index is 14.8. The van der Waals surface area contributed by atoms with E-state index in [-0.39, 0.29) is 23.3 Å². The minimum absolute atomic E-state index is 0.0323. The molecule has 5 rings (SSSR count). The van der Waals surface area contributed by atoms with Gasteiger partial charge in [0.1, 0.15) is 5.82 Å². The average molecular weight is 475 g/mol. The molecule has 0 radical (unpaired) electrons. The Bertz CT molecular complexity index is 1050. The highest BCUT2D eigenvalue weighted by Gasteiger charge is 2.35. The van der Waals surface area contributed by atoms with E-state index in [1.54, 1.807) is 6.07 Å². The second kappa shape index (κ2) is 9.82. The summed E-state index contributed by atoms with van der Waals surface area (Å²) < 4.78 is 67.4. The molecule has 6 heteroatoms. The SMILES string of the molecule is CC1CCC(C2COC(C3CC=C(c4ccc(-c5cc(F)c(F)c(F)c5)c(F)c4)CC3)OC2)C1. The molecule has 2 aromatic carbocycles. The van der Waals surface area contributed by atoms with Crippen molar-refractivity contribution in [3.63, 3.8) is 0 Å². The van der Waals surface area contributed by atoms with Crippen LogP contribution in [0.2, 0.25) is 0 Å². The van der Waals surface area contributed by atoms with Gasteiger partial charge >= 0.3 is 0 Å². The third kappa shape index (κ3) is 4.80. The highest BCUT2D eigenvalue weighted by atomic mass is 19.2. The van der Waals surface area contributed by atoms with E-state index in [4.69, 9.17) is 9.47 Å². The third-order valence-corrected chi connectivity index (χ3v) is 7.82. The van der Waals surface area contributed by atoms with Crippen molar-refractivity contribution in [1.29, 1.82) is 0 Å². The van der Waals surface area contributed by atoms with Crippen molar-refractivity contribution in [2.45, 2.75) is 51.7 Å². The Balaban J connectivity index is 1.21. The number of rotatable bonds is 4. The van der Waals surface area contributed by atoms with Crippen LogP contribution in [0.3, 0.4) is 0 Å². The summed E-state index contributed by atoms with van der Waals surface area (Å²) in [6.07, 6.45) is 8.24. The van der Waals surface area contributed by atoms with Gasteiger partial charge < -0.3 is 9.47 Å². The molecular formula is C28H30F4O2. The molecule has 34 heavy (non-hydrogen) atoms. The van der Waals surface area contributed by atoms with Crippen molar-refractivity contribution < 1.29 is 27.0 Å². The Morgan fingerprint density at radius 3 is 2.06 bits per heavy atom. The van der Waals surface area contributed by atoms with Crippen LogP contribution < -0.4 is 0 Å². The van der Waals surface area contributed by atoms with Gasteiger partial charge in [-0.2, -0.15) is 0 Å². The Hall–Kier alpha value is -2.18. The molecule has 2 fully saturated rings. The number of halogens is 4. The maximum atomic E-state index is 14.8. The molecule has 1 heterocycles. The van der Waals surface area contributed by atoms with Crippen molar-refractivity contribution in [3.8, 4) is 11.1 Å². The van der Waals surface area contributed by atoms with Gasteiger partial charge in [-0.25, -0.2) is 17.6 Å². The quantitative estimate of drug-likeness (QED) is 0.337. The van der Waals surface area contributed by atoms with Crippen LogP contribution in [0.15, 0.2) is 36.4 Å². The fraction of sp³-hybridized carbons (Fsp3) is 0.500. The van der Waals surface area contributed by atoms with E-state index >= 15 is 0 Å². The van der Waals surface area contributed by atoms with Gasteiger partial charge in [0.25, 0.3) is 0 Å². The van der Waals surface area contributed by atoms with Crippen molar-refractivity contribution in [1.82, 2.24) is 0 Å². The highest BCUT2D eigenvalue weighted by molar-refractivity contribution is 5.71. The summed E-state index contributed by atoms with van der Waals surface area (Å²) in [7, 11) is 0. The number of hydrogen-bond donors (Lipinski definition) is 0. The molecule has 0 aromatic heterocycles. The largest absolute Gasteiger partial charge is 0.352 e. The van der Waals surface area contributed by atoms with Crippen LogP contribution in [0, 0.1) is 46.9 Å². The first-order chi connectivity index (χ1) is 16.4. The zero-order valence-corrected chi connectivity index (χ0v) is 19.3. The molecule has 3 atom stereocenters. The molecule has 182 valence electrons. The summed E-state index contributed by atoms with van der Waals surface area (Å²) in [5, 5.41) is 0. The van der Waals surface area contributed by atoms with Crippen LogP contribution in [-0.2, 0) is 9.47 Å². The molecular weight excluding hydrogens is 444 g/mol. The minimum Gasteiger partial charge on any atom is -0.352 e. The molecule has 1 aliphatic heterocycles. The van der Waals surface area contributed by atoms with Gasteiger partial charge in [0.05, 0.1) is 13.2 Å². The van der Waals surface area contributed by atoms with Crippen molar-refractivity contribution in [2.75, 3.05) is 13.2 Å². The predicted octanol–water partition coefficient (Wildman–Crippen LogP) is 7.52. The molecule has 3 unspecified atom stereocenters. The lowest BCUT2D eigenvalue weighted by Gasteiger charge is -2.37. The zero-order valence-electron chi connectivity index (χ0n) is 19.3. The summed E-state index contributed by atoms with van der Waals surface area (Å²) in [6, 6.07) is 6.22. The van der Waals surface area contributed by atoms with Crippen molar-refractivity contribution in [3.05, 3.63) is 65.2 Å². The lowest BCUT2D eigenvalue weighted by atomic mass is 9.85. The Morgan fingerprint density at radius 2 is 1.47 bits per heavy atom. The topological polar surface area (TPSA) is 18.5 Å². The van der Waals surface area contributed by atoms with Crippen LogP contribution in [0.4, 0.5) is 17.6 Å². The van der Waals surface area contributed by atoms with Gasteiger partial charge in [-0.3, -0.25) is 0 Å². The molecule has 2 aliphatic carbocycles. The van der Waals surface area contributed by atoms with E-state index in [2.05, 4.69) is 13.0 Å². The number of benzene rings is 2. The monoisotopic (exact) mass is 474 g/mol. The molecule has 0 spiro atoms. The first kappa shape index (κ1) is 23.6. The van der Waals surface area contributed by atoms with E-state index in [9.17, 15) is 17.6 Å². The smallest absolute Gasteiger partial charge is 0.194 e. The second-order valence-corrected chi connectivity index (χ2v) is 10.2. The molecule has 1 saturated carbocycles. The molecule has 0 N–H and O–H groups in total.